The van der Waals surface area contributed by atoms with E-state index in [1.165, 1.54) is 0 Å². The molecule has 1 aliphatic carbocycles. The van der Waals surface area contributed by atoms with Crippen molar-refractivity contribution in [1.29, 1.82) is 0 Å². The van der Waals surface area contributed by atoms with E-state index in [9.17, 15) is 9.59 Å². The van der Waals surface area contributed by atoms with E-state index < -0.39 is 5.97 Å². The number of hydrogen-bond donors (Lipinski definition) is 1. The van der Waals surface area contributed by atoms with Crippen molar-refractivity contribution in [3.05, 3.63) is 0 Å². The summed E-state index contributed by atoms with van der Waals surface area (Å²) in [6.07, 6.45) is 1.90. The number of likely N-dealkylation sites (N-methyl/N-ethyl adjacent to an activating group) is 1. The maximum atomic E-state index is 12.4. The molecule has 0 aromatic heterocycles. The van der Waals surface area contributed by atoms with Crippen molar-refractivity contribution in [1.82, 2.24) is 9.80 Å². The molecule has 2 aliphatic rings. The van der Waals surface area contributed by atoms with Gasteiger partial charge in [-0.3, -0.25) is 9.59 Å². The second kappa shape index (κ2) is 5.26. The number of carbonyl (C=O) groups is 2. The predicted molar refractivity (Wildman–Crippen MR) is 67.1 cm³/mol. The molecule has 1 saturated heterocycles. The van der Waals surface area contributed by atoms with Gasteiger partial charge in [-0.05, 0) is 33.2 Å². The summed E-state index contributed by atoms with van der Waals surface area (Å²) in [7, 11) is 2.06. The minimum atomic E-state index is -0.753. The summed E-state index contributed by atoms with van der Waals surface area (Å²) >= 11 is 0. The van der Waals surface area contributed by atoms with Crippen molar-refractivity contribution >= 4 is 11.9 Å². The fourth-order valence-corrected chi connectivity index (χ4v) is 3.13. The zero-order valence-electron chi connectivity index (χ0n) is 11.1. The largest absolute Gasteiger partial charge is 0.481 e. The maximum Gasteiger partial charge on any atom is 0.306 e. The lowest BCUT2D eigenvalue weighted by Crippen LogP contribution is -2.54. The highest BCUT2D eigenvalue weighted by Gasteiger charge is 2.37. The fraction of sp³-hybridized carbons (Fsp3) is 0.846. The van der Waals surface area contributed by atoms with Crippen molar-refractivity contribution in [3.8, 4) is 0 Å². The predicted octanol–water partition coefficient (Wildman–Crippen LogP) is 0.650. The van der Waals surface area contributed by atoms with E-state index in [0.717, 1.165) is 26.1 Å². The number of hydrogen-bond acceptors (Lipinski definition) is 3. The Labute approximate surface area is 108 Å². The molecule has 0 spiro atoms. The van der Waals surface area contributed by atoms with Crippen LogP contribution in [0, 0.1) is 11.8 Å². The molecule has 2 rings (SSSR count). The summed E-state index contributed by atoms with van der Waals surface area (Å²) < 4.78 is 0. The van der Waals surface area contributed by atoms with Crippen molar-refractivity contribution in [2.75, 3.05) is 26.7 Å². The molecule has 0 aromatic rings. The average molecular weight is 254 g/mol. The van der Waals surface area contributed by atoms with Crippen LogP contribution in [0.25, 0.3) is 0 Å². The Morgan fingerprint density at radius 2 is 1.83 bits per heavy atom. The van der Waals surface area contributed by atoms with Gasteiger partial charge >= 0.3 is 5.97 Å². The van der Waals surface area contributed by atoms with Crippen molar-refractivity contribution < 1.29 is 14.7 Å². The minimum absolute atomic E-state index is 0.0723. The molecule has 5 heteroatoms. The lowest BCUT2D eigenvalue weighted by Gasteiger charge is -2.39. The first-order chi connectivity index (χ1) is 8.49. The second-order valence-electron chi connectivity index (χ2n) is 5.69. The summed E-state index contributed by atoms with van der Waals surface area (Å²) in [4.78, 5) is 27.5. The summed E-state index contributed by atoms with van der Waals surface area (Å²) in [5.41, 5.74) is 0. The molecule has 1 unspecified atom stereocenters. The molecule has 5 nitrogen and oxygen atoms in total. The van der Waals surface area contributed by atoms with Gasteiger partial charge in [-0.1, -0.05) is 0 Å². The van der Waals surface area contributed by atoms with Crippen LogP contribution in [0.4, 0.5) is 0 Å². The number of carboxylic acid groups (broad SMARTS) is 1. The molecule has 102 valence electrons. The molecule has 1 saturated carbocycles. The van der Waals surface area contributed by atoms with Crippen LogP contribution < -0.4 is 0 Å². The van der Waals surface area contributed by atoms with Crippen LogP contribution in [0.1, 0.15) is 26.2 Å². The quantitative estimate of drug-likeness (QED) is 0.786. The van der Waals surface area contributed by atoms with Crippen LogP contribution >= 0.6 is 0 Å². The second-order valence-corrected chi connectivity index (χ2v) is 5.69. The van der Waals surface area contributed by atoms with Crippen molar-refractivity contribution in [3.63, 3.8) is 0 Å². The molecule has 1 amide bonds. The van der Waals surface area contributed by atoms with Gasteiger partial charge in [0.2, 0.25) is 5.91 Å². The summed E-state index contributed by atoms with van der Waals surface area (Å²) in [5, 5.41) is 8.98. The lowest BCUT2D eigenvalue weighted by atomic mass is 10.0. The number of nitrogens with zero attached hydrogens (tertiary/aromatic N) is 2. The van der Waals surface area contributed by atoms with Gasteiger partial charge in [0.05, 0.1) is 5.92 Å². The number of rotatable bonds is 2. The standard InChI is InChI=1S/C13H22N2O3/c1-9-8-14(2)5-6-15(9)12(16)10-3-4-11(7-10)13(17)18/h9-11H,3-8H2,1-2H3,(H,17,18)/t9?,10-,11+/m1/s1. The number of carbonyl (C=O) groups excluding carboxylic acids is 1. The molecular weight excluding hydrogens is 232 g/mol. The van der Waals surface area contributed by atoms with Gasteiger partial charge < -0.3 is 14.9 Å². The smallest absolute Gasteiger partial charge is 0.306 e. The Bertz CT molecular complexity index is 345. The van der Waals surface area contributed by atoms with E-state index in [1.54, 1.807) is 0 Å². The van der Waals surface area contributed by atoms with Crippen LogP contribution in [0.2, 0.25) is 0 Å². The number of piperazine rings is 1. The van der Waals surface area contributed by atoms with Crippen LogP contribution in [0.5, 0.6) is 0 Å². The first kappa shape index (κ1) is 13.3. The zero-order chi connectivity index (χ0) is 13.3. The molecule has 1 aliphatic heterocycles. The van der Waals surface area contributed by atoms with E-state index in [1.807, 2.05) is 4.90 Å². The zero-order valence-corrected chi connectivity index (χ0v) is 11.1. The number of aliphatic carboxylic acids is 1. The first-order valence-corrected chi connectivity index (χ1v) is 6.71. The van der Waals surface area contributed by atoms with Crippen molar-refractivity contribution in [2.45, 2.75) is 32.2 Å². The topological polar surface area (TPSA) is 60.9 Å². The third-order valence-corrected chi connectivity index (χ3v) is 4.24. The summed E-state index contributed by atoms with van der Waals surface area (Å²) in [6.45, 7) is 4.65. The molecule has 18 heavy (non-hydrogen) atoms. The highest BCUT2D eigenvalue weighted by molar-refractivity contribution is 5.81. The molecule has 1 N–H and O–H groups in total. The Kier molecular flexibility index (Phi) is 3.90. The van der Waals surface area contributed by atoms with Gasteiger partial charge in [-0.2, -0.15) is 0 Å². The Morgan fingerprint density at radius 1 is 1.17 bits per heavy atom. The van der Waals surface area contributed by atoms with E-state index in [2.05, 4.69) is 18.9 Å². The maximum absolute atomic E-state index is 12.4. The van der Waals surface area contributed by atoms with Gasteiger partial charge in [-0.15, -0.1) is 0 Å². The Hall–Kier alpha value is -1.10. The van der Waals surface area contributed by atoms with Crippen LogP contribution in [-0.2, 0) is 9.59 Å². The van der Waals surface area contributed by atoms with E-state index >= 15 is 0 Å². The van der Waals surface area contributed by atoms with Gasteiger partial charge in [-0.25, -0.2) is 0 Å². The molecule has 0 radical (unpaired) electrons. The Morgan fingerprint density at radius 3 is 2.39 bits per heavy atom. The van der Waals surface area contributed by atoms with Crippen LogP contribution in [-0.4, -0.2) is 59.5 Å². The van der Waals surface area contributed by atoms with Gasteiger partial charge in [0, 0.05) is 31.6 Å². The van der Waals surface area contributed by atoms with Gasteiger partial charge in [0.15, 0.2) is 0 Å². The molecule has 0 bridgehead atoms. The number of carboxylic acids is 1. The monoisotopic (exact) mass is 254 g/mol. The third kappa shape index (κ3) is 2.66. The van der Waals surface area contributed by atoms with Crippen LogP contribution in [0.3, 0.4) is 0 Å². The number of amides is 1. The minimum Gasteiger partial charge on any atom is -0.481 e. The summed E-state index contributed by atoms with van der Waals surface area (Å²) in [5.74, 6) is -0.977. The highest BCUT2D eigenvalue weighted by atomic mass is 16.4. The van der Waals surface area contributed by atoms with E-state index in [0.29, 0.717) is 12.8 Å². The summed E-state index contributed by atoms with van der Waals surface area (Å²) in [6, 6.07) is 0.236. The van der Waals surface area contributed by atoms with Crippen LogP contribution in [0.15, 0.2) is 0 Å². The third-order valence-electron chi connectivity index (χ3n) is 4.24. The SMILES string of the molecule is CC1CN(C)CCN1C(=O)[C@@H]1CC[C@H](C(=O)O)C1. The molecule has 2 fully saturated rings. The van der Waals surface area contributed by atoms with E-state index in [4.69, 9.17) is 5.11 Å². The van der Waals surface area contributed by atoms with Crippen molar-refractivity contribution in [2.24, 2.45) is 11.8 Å². The molecule has 3 atom stereocenters. The first-order valence-electron chi connectivity index (χ1n) is 6.71. The van der Waals surface area contributed by atoms with Gasteiger partial charge in [0.1, 0.15) is 0 Å². The Balaban J connectivity index is 1.94. The van der Waals surface area contributed by atoms with E-state index in [-0.39, 0.29) is 23.8 Å². The normalized spacial score (nSPS) is 33.7. The lowest BCUT2D eigenvalue weighted by molar-refractivity contribution is -0.142. The molecule has 0 aromatic carbocycles. The van der Waals surface area contributed by atoms with Gasteiger partial charge in [0.25, 0.3) is 0 Å². The average Bonchev–Trinajstić information content (AvgIpc) is 2.77. The molecular formula is C13H22N2O3. The fourth-order valence-electron chi connectivity index (χ4n) is 3.13. The molecule has 1 heterocycles. The highest BCUT2D eigenvalue weighted by Crippen LogP contribution is 2.33.